The van der Waals surface area contributed by atoms with Crippen molar-refractivity contribution in [2.45, 2.75) is 0 Å². The van der Waals surface area contributed by atoms with Crippen LogP contribution in [0.4, 0.5) is 0 Å². The molecular weight excluding hydrogens is 218 g/mol. The molecule has 0 aliphatic heterocycles. The molecule has 58 valence electrons. The van der Waals surface area contributed by atoms with E-state index in [2.05, 4.69) is 21.1 Å². The SMILES string of the molecule is N#Cc1nccc2ccn(Br)c12. The van der Waals surface area contributed by atoms with Crippen LogP contribution in [0.5, 0.6) is 0 Å². The molecular formula is C8H4BrN3. The predicted octanol–water partition coefficient (Wildman–Crippen LogP) is 2.07. The summed E-state index contributed by atoms with van der Waals surface area (Å²) in [6.45, 7) is 0. The van der Waals surface area contributed by atoms with Gasteiger partial charge in [-0.2, -0.15) is 5.26 Å². The minimum Gasteiger partial charge on any atom is -0.281 e. The number of fused-ring (bicyclic) bond motifs is 1. The first-order chi connectivity index (χ1) is 5.83. The maximum Gasteiger partial charge on any atom is 0.165 e. The third-order valence-corrected chi connectivity index (χ3v) is 2.25. The Kier molecular flexibility index (Phi) is 1.59. The molecule has 0 amide bonds. The van der Waals surface area contributed by atoms with Gasteiger partial charge in [-0.05, 0) is 12.1 Å². The van der Waals surface area contributed by atoms with E-state index in [1.54, 1.807) is 9.79 Å². The van der Waals surface area contributed by atoms with Gasteiger partial charge in [0.1, 0.15) is 6.07 Å². The molecule has 2 heterocycles. The van der Waals surface area contributed by atoms with Gasteiger partial charge in [-0.3, -0.25) is 3.59 Å². The number of hydrogen-bond donors (Lipinski definition) is 0. The molecule has 12 heavy (non-hydrogen) atoms. The zero-order valence-corrected chi connectivity index (χ0v) is 7.62. The molecule has 3 nitrogen and oxygen atoms in total. The molecule has 2 aromatic rings. The summed E-state index contributed by atoms with van der Waals surface area (Å²) < 4.78 is 1.72. The molecule has 0 radical (unpaired) electrons. The minimum absolute atomic E-state index is 0.439. The van der Waals surface area contributed by atoms with Gasteiger partial charge in [-0.25, -0.2) is 4.98 Å². The van der Waals surface area contributed by atoms with Crippen molar-refractivity contribution in [3.63, 3.8) is 0 Å². The lowest BCUT2D eigenvalue weighted by molar-refractivity contribution is 1.26. The van der Waals surface area contributed by atoms with Gasteiger partial charge in [-0.15, -0.1) is 0 Å². The largest absolute Gasteiger partial charge is 0.281 e. The van der Waals surface area contributed by atoms with Gasteiger partial charge in [0.2, 0.25) is 0 Å². The lowest BCUT2D eigenvalue weighted by atomic mass is 10.3. The molecule has 4 heteroatoms. The number of halogens is 1. The lowest BCUT2D eigenvalue weighted by Gasteiger charge is -1.94. The molecule has 0 bridgehead atoms. The summed E-state index contributed by atoms with van der Waals surface area (Å²) in [7, 11) is 0. The van der Waals surface area contributed by atoms with Crippen molar-refractivity contribution in [2.24, 2.45) is 0 Å². The van der Waals surface area contributed by atoms with E-state index >= 15 is 0 Å². The predicted molar refractivity (Wildman–Crippen MR) is 48.8 cm³/mol. The Morgan fingerprint density at radius 1 is 1.50 bits per heavy atom. The fourth-order valence-corrected chi connectivity index (χ4v) is 1.62. The maximum absolute atomic E-state index is 8.73. The third kappa shape index (κ3) is 0.908. The summed E-state index contributed by atoms with van der Waals surface area (Å²) in [5.74, 6) is 0. The van der Waals surface area contributed by atoms with E-state index in [9.17, 15) is 0 Å². The van der Waals surface area contributed by atoms with Gasteiger partial charge in [-0.1, -0.05) is 0 Å². The molecule has 0 unspecified atom stereocenters. The van der Waals surface area contributed by atoms with E-state index < -0.39 is 0 Å². The third-order valence-electron chi connectivity index (χ3n) is 1.66. The quantitative estimate of drug-likeness (QED) is 0.684. The Labute approximate surface area is 77.6 Å². The Morgan fingerprint density at radius 3 is 3.08 bits per heavy atom. The molecule has 0 aromatic carbocycles. The molecule has 2 aromatic heterocycles. The van der Waals surface area contributed by atoms with Gasteiger partial charge in [0.05, 0.1) is 21.7 Å². The molecule has 0 saturated heterocycles. The Balaban J connectivity index is 2.96. The van der Waals surface area contributed by atoms with E-state index in [0.717, 1.165) is 10.9 Å². The number of rotatable bonds is 0. The van der Waals surface area contributed by atoms with E-state index in [1.807, 2.05) is 24.4 Å². The van der Waals surface area contributed by atoms with Crippen LogP contribution in [-0.4, -0.2) is 8.58 Å². The fraction of sp³-hybridized carbons (Fsp3) is 0. The van der Waals surface area contributed by atoms with Crippen molar-refractivity contribution in [1.82, 2.24) is 8.58 Å². The number of nitriles is 1. The van der Waals surface area contributed by atoms with Crippen LogP contribution < -0.4 is 0 Å². The first-order valence-corrected chi connectivity index (χ1v) is 4.06. The highest BCUT2D eigenvalue weighted by molar-refractivity contribution is 9.08. The van der Waals surface area contributed by atoms with Gasteiger partial charge in [0.15, 0.2) is 5.69 Å². The van der Waals surface area contributed by atoms with Gasteiger partial charge in [0.25, 0.3) is 0 Å². The number of aromatic nitrogens is 2. The van der Waals surface area contributed by atoms with Crippen LogP contribution in [0.2, 0.25) is 0 Å². The molecule has 2 rings (SSSR count). The second kappa shape index (κ2) is 2.61. The molecule has 0 aliphatic rings. The second-order valence-electron chi connectivity index (χ2n) is 2.34. The van der Waals surface area contributed by atoms with Crippen LogP contribution in [0, 0.1) is 11.3 Å². The van der Waals surface area contributed by atoms with Crippen molar-refractivity contribution in [1.29, 1.82) is 5.26 Å². The summed E-state index contributed by atoms with van der Waals surface area (Å²) in [5.41, 5.74) is 1.26. The van der Waals surface area contributed by atoms with Gasteiger partial charge < -0.3 is 0 Å². The zero-order valence-electron chi connectivity index (χ0n) is 6.03. The Bertz CT molecular complexity index is 467. The van der Waals surface area contributed by atoms with Crippen LogP contribution in [0.3, 0.4) is 0 Å². The summed E-state index contributed by atoms with van der Waals surface area (Å²) in [5, 5.41) is 9.74. The minimum atomic E-state index is 0.439. The zero-order chi connectivity index (χ0) is 8.55. The molecule has 0 aliphatic carbocycles. The summed E-state index contributed by atoms with van der Waals surface area (Å²) in [4.78, 5) is 3.95. The van der Waals surface area contributed by atoms with Gasteiger partial charge in [0, 0.05) is 17.8 Å². The highest BCUT2D eigenvalue weighted by Crippen LogP contribution is 2.19. The Morgan fingerprint density at radius 2 is 2.33 bits per heavy atom. The monoisotopic (exact) mass is 221 g/mol. The van der Waals surface area contributed by atoms with E-state index in [4.69, 9.17) is 5.26 Å². The first-order valence-electron chi connectivity index (χ1n) is 3.35. The molecule has 0 N–H and O–H groups in total. The first kappa shape index (κ1) is 7.32. The van der Waals surface area contributed by atoms with Crippen molar-refractivity contribution in [3.8, 4) is 6.07 Å². The summed E-state index contributed by atoms with van der Waals surface area (Å²) in [6, 6.07) is 5.83. The average molecular weight is 222 g/mol. The number of pyridine rings is 1. The van der Waals surface area contributed by atoms with Crippen LogP contribution in [0.25, 0.3) is 10.9 Å². The molecule has 0 atom stereocenters. The lowest BCUT2D eigenvalue weighted by Crippen LogP contribution is -1.85. The standard InChI is InChI=1S/C8H4BrN3/c9-12-4-2-6-1-3-11-7(5-10)8(6)12/h1-4H. The van der Waals surface area contributed by atoms with Crippen molar-refractivity contribution in [3.05, 3.63) is 30.2 Å². The summed E-state index contributed by atoms with van der Waals surface area (Å²) in [6.07, 6.45) is 3.47. The van der Waals surface area contributed by atoms with E-state index in [1.165, 1.54) is 0 Å². The molecule has 0 spiro atoms. The normalized spacial score (nSPS) is 10.0. The maximum atomic E-state index is 8.73. The topological polar surface area (TPSA) is 41.6 Å². The van der Waals surface area contributed by atoms with Crippen LogP contribution in [0.15, 0.2) is 24.5 Å². The average Bonchev–Trinajstić information content (AvgIpc) is 2.48. The smallest absolute Gasteiger partial charge is 0.165 e. The van der Waals surface area contributed by atoms with E-state index in [0.29, 0.717) is 5.69 Å². The van der Waals surface area contributed by atoms with Gasteiger partial charge >= 0.3 is 0 Å². The molecule has 0 fully saturated rings. The van der Waals surface area contributed by atoms with Crippen molar-refractivity contribution in [2.75, 3.05) is 0 Å². The highest BCUT2D eigenvalue weighted by Gasteiger charge is 2.04. The molecule has 0 saturated carbocycles. The Hall–Kier alpha value is -1.34. The van der Waals surface area contributed by atoms with Crippen molar-refractivity contribution < 1.29 is 0 Å². The van der Waals surface area contributed by atoms with Crippen LogP contribution in [0.1, 0.15) is 5.69 Å². The van der Waals surface area contributed by atoms with Crippen LogP contribution >= 0.6 is 16.1 Å². The highest BCUT2D eigenvalue weighted by atomic mass is 79.9. The summed E-state index contributed by atoms with van der Waals surface area (Å²) >= 11 is 3.28. The second-order valence-corrected chi connectivity index (χ2v) is 3.10. The number of nitrogens with zero attached hydrogens (tertiary/aromatic N) is 3. The van der Waals surface area contributed by atoms with E-state index in [-0.39, 0.29) is 0 Å². The fourth-order valence-electron chi connectivity index (χ4n) is 1.13. The number of hydrogen-bond acceptors (Lipinski definition) is 2. The van der Waals surface area contributed by atoms with Crippen molar-refractivity contribution >= 4 is 27.1 Å². The van der Waals surface area contributed by atoms with Crippen LogP contribution in [-0.2, 0) is 0 Å².